The number of benzene rings is 1. The van der Waals surface area contributed by atoms with Gasteiger partial charge in [0.25, 0.3) is 11.8 Å². The van der Waals surface area contributed by atoms with Crippen LogP contribution < -0.4 is 10.6 Å². The number of nitrogens with zero attached hydrogens (tertiary/aromatic N) is 3. The number of carboxylic acids is 1. The Bertz CT molecular complexity index is 1410. The molecule has 1 aliphatic carbocycles. The Balaban J connectivity index is 1.52. The Labute approximate surface area is 237 Å². The van der Waals surface area contributed by atoms with Crippen molar-refractivity contribution in [3.8, 4) is 11.3 Å². The molecule has 0 spiro atoms. The summed E-state index contributed by atoms with van der Waals surface area (Å²) in [5.74, 6) is -3.19. The molecule has 0 unspecified atom stereocenters. The van der Waals surface area contributed by atoms with Crippen LogP contribution in [0.4, 0.5) is 8.78 Å². The van der Waals surface area contributed by atoms with Gasteiger partial charge in [-0.25, -0.2) is 8.78 Å². The average molecular weight is 568 g/mol. The number of carboxylic acid groups (broad SMARTS) is 1. The molecule has 0 atom stereocenters. The molecule has 1 aromatic carbocycles. The highest BCUT2D eigenvalue weighted by atomic mass is 19.2. The average Bonchev–Trinajstić information content (AvgIpc) is 3.34. The van der Waals surface area contributed by atoms with E-state index in [2.05, 4.69) is 41.5 Å². The number of aliphatic carboxylic acids is 1. The van der Waals surface area contributed by atoms with Gasteiger partial charge in [-0.15, -0.1) is 0 Å². The van der Waals surface area contributed by atoms with E-state index < -0.39 is 23.5 Å². The van der Waals surface area contributed by atoms with Crippen molar-refractivity contribution < 1.29 is 28.3 Å². The molecule has 0 saturated heterocycles. The summed E-state index contributed by atoms with van der Waals surface area (Å²) in [5.41, 5.74) is 1.86. The molecule has 2 amide bonds. The van der Waals surface area contributed by atoms with Gasteiger partial charge in [0.1, 0.15) is 5.69 Å². The van der Waals surface area contributed by atoms with E-state index in [1.807, 2.05) is 0 Å². The first-order valence-corrected chi connectivity index (χ1v) is 13.7. The fourth-order valence-electron chi connectivity index (χ4n) is 5.07. The van der Waals surface area contributed by atoms with Crippen molar-refractivity contribution in [2.45, 2.75) is 65.5 Å². The Morgan fingerprint density at radius 1 is 1.00 bits per heavy atom. The summed E-state index contributed by atoms with van der Waals surface area (Å²) in [6.07, 6.45) is 4.95. The Hall–Kier alpha value is -4.15. The lowest BCUT2D eigenvalue weighted by atomic mass is 9.71. The summed E-state index contributed by atoms with van der Waals surface area (Å²) in [7, 11) is 0. The number of pyridine rings is 1. The Morgan fingerprint density at radius 3 is 2.34 bits per heavy atom. The maximum atomic E-state index is 14.0. The quantitative estimate of drug-likeness (QED) is 0.341. The van der Waals surface area contributed by atoms with Crippen molar-refractivity contribution in [3.05, 3.63) is 71.2 Å². The van der Waals surface area contributed by atoms with Crippen LogP contribution in [0, 0.1) is 23.0 Å². The Kier molecular flexibility index (Phi) is 9.14. The largest absolute Gasteiger partial charge is 0.481 e. The van der Waals surface area contributed by atoms with E-state index in [9.17, 15) is 23.2 Å². The standard InChI is InChI=1S/C30H35F2N5O4/c1-30(2,3)20-6-9-21(10-7-20)35-29(41)26-15-25(18-5-11-23(31)24(32)14-18)36-37(26)17-22-8-4-19(16-34-22)28(40)33-13-12-27(38)39/h4-5,8,11,14-16,20-21H,6-7,9-10,12-13,17H2,1-3H3,(H,33,40)(H,35,41)(H,38,39). The van der Waals surface area contributed by atoms with Crippen LogP contribution in [0.25, 0.3) is 11.3 Å². The van der Waals surface area contributed by atoms with Gasteiger partial charge < -0.3 is 15.7 Å². The number of rotatable bonds is 9. The first-order chi connectivity index (χ1) is 19.4. The van der Waals surface area contributed by atoms with Crippen LogP contribution in [0.2, 0.25) is 0 Å². The highest BCUT2D eigenvalue weighted by Gasteiger charge is 2.31. The van der Waals surface area contributed by atoms with Gasteiger partial charge in [-0.1, -0.05) is 20.8 Å². The second-order valence-corrected chi connectivity index (χ2v) is 11.5. The van der Waals surface area contributed by atoms with Gasteiger partial charge in [-0.3, -0.25) is 24.0 Å². The molecule has 3 N–H and O–H groups in total. The van der Waals surface area contributed by atoms with Crippen molar-refractivity contribution in [2.75, 3.05) is 6.54 Å². The van der Waals surface area contributed by atoms with Gasteiger partial charge in [0, 0.05) is 24.3 Å². The number of carbonyl (C=O) groups is 3. The number of amides is 2. The lowest BCUT2D eigenvalue weighted by molar-refractivity contribution is -0.136. The second kappa shape index (κ2) is 12.6. The third-order valence-corrected chi connectivity index (χ3v) is 7.54. The summed E-state index contributed by atoms with van der Waals surface area (Å²) in [6, 6.07) is 8.18. The molecule has 9 nitrogen and oxygen atoms in total. The fraction of sp³-hybridized carbons (Fsp3) is 0.433. The van der Waals surface area contributed by atoms with Crippen molar-refractivity contribution in [1.29, 1.82) is 0 Å². The first kappa shape index (κ1) is 29.8. The third-order valence-electron chi connectivity index (χ3n) is 7.54. The highest BCUT2D eigenvalue weighted by Crippen LogP contribution is 2.37. The zero-order chi connectivity index (χ0) is 29.7. The predicted octanol–water partition coefficient (Wildman–Crippen LogP) is 4.81. The molecule has 4 rings (SSSR count). The normalized spacial score (nSPS) is 17.2. The van der Waals surface area contributed by atoms with Crippen LogP contribution in [0.3, 0.4) is 0 Å². The highest BCUT2D eigenvalue weighted by molar-refractivity contribution is 5.94. The van der Waals surface area contributed by atoms with Crippen LogP contribution in [0.15, 0.2) is 42.6 Å². The summed E-state index contributed by atoms with van der Waals surface area (Å²) >= 11 is 0. The van der Waals surface area contributed by atoms with Crippen molar-refractivity contribution in [3.63, 3.8) is 0 Å². The van der Waals surface area contributed by atoms with Crippen LogP contribution in [0.1, 0.15) is 79.4 Å². The number of hydrogen-bond donors (Lipinski definition) is 3. The molecule has 3 aromatic rings. The molecule has 1 saturated carbocycles. The SMILES string of the molecule is CC(C)(C)C1CCC(NC(=O)c2cc(-c3ccc(F)c(F)c3)nn2Cc2ccc(C(=O)NCCC(=O)O)cn2)CC1. The summed E-state index contributed by atoms with van der Waals surface area (Å²) in [6.45, 7) is 6.79. The molecule has 0 aliphatic heterocycles. The van der Waals surface area contributed by atoms with Gasteiger partial charge >= 0.3 is 5.97 Å². The maximum absolute atomic E-state index is 14.0. The van der Waals surface area contributed by atoms with Gasteiger partial charge in [0.15, 0.2) is 11.6 Å². The van der Waals surface area contributed by atoms with Crippen molar-refractivity contribution in [1.82, 2.24) is 25.4 Å². The summed E-state index contributed by atoms with van der Waals surface area (Å²) < 4.78 is 29.0. The van der Waals surface area contributed by atoms with E-state index in [0.717, 1.165) is 37.8 Å². The van der Waals surface area contributed by atoms with Crippen molar-refractivity contribution in [2.24, 2.45) is 11.3 Å². The molecule has 218 valence electrons. The van der Waals surface area contributed by atoms with E-state index in [0.29, 0.717) is 22.9 Å². The zero-order valence-electron chi connectivity index (χ0n) is 23.4. The van der Waals surface area contributed by atoms with E-state index in [4.69, 9.17) is 5.11 Å². The van der Waals surface area contributed by atoms with Crippen LogP contribution in [0.5, 0.6) is 0 Å². The van der Waals surface area contributed by atoms with Crippen molar-refractivity contribution >= 4 is 17.8 Å². The van der Waals surface area contributed by atoms with E-state index in [-0.39, 0.29) is 48.1 Å². The first-order valence-electron chi connectivity index (χ1n) is 13.7. The number of carbonyl (C=O) groups excluding carboxylic acids is 2. The molecule has 41 heavy (non-hydrogen) atoms. The minimum absolute atomic E-state index is 0.00765. The smallest absolute Gasteiger partial charge is 0.305 e. The van der Waals surface area contributed by atoms with Crippen LogP contribution in [-0.4, -0.2) is 50.2 Å². The van der Waals surface area contributed by atoms with Crippen LogP contribution in [-0.2, 0) is 11.3 Å². The number of nitrogens with one attached hydrogen (secondary N) is 2. The maximum Gasteiger partial charge on any atom is 0.305 e. The summed E-state index contributed by atoms with van der Waals surface area (Å²) in [4.78, 5) is 40.7. The topological polar surface area (TPSA) is 126 Å². The molecular weight excluding hydrogens is 532 g/mol. The lowest BCUT2D eigenvalue weighted by Gasteiger charge is -2.37. The molecule has 0 radical (unpaired) electrons. The lowest BCUT2D eigenvalue weighted by Crippen LogP contribution is -2.40. The molecule has 1 aliphatic rings. The van der Waals surface area contributed by atoms with Gasteiger partial charge in [0.05, 0.1) is 29.9 Å². The number of hydrogen-bond acceptors (Lipinski definition) is 5. The number of aromatic nitrogens is 3. The van der Waals surface area contributed by atoms with Gasteiger partial charge in [-0.2, -0.15) is 5.10 Å². The third kappa shape index (κ3) is 7.74. The molecular formula is C30H35F2N5O4. The minimum Gasteiger partial charge on any atom is -0.481 e. The predicted molar refractivity (Wildman–Crippen MR) is 148 cm³/mol. The van der Waals surface area contributed by atoms with Gasteiger partial charge in [0.2, 0.25) is 0 Å². The summed E-state index contributed by atoms with van der Waals surface area (Å²) in [5, 5.41) is 18.9. The molecule has 2 aromatic heterocycles. The molecule has 11 heteroatoms. The second-order valence-electron chi connectivity index (χ2n) is 11.5. The number of halogens is 2. The molecule has 0 bridgehead atoms. The van der Waals surface area contributed by atoms with E-state index in [1.165, 1.54) is 16.9 Å². The fourth-order valence-corrected chi connectivity index (χ4v) is 5.07. The minimum atomic E-state index is -1.02. The van der Waals surface area contributed by atoms with E-state index >= 15 is 0 Å². The van der Waals surface area contributed by atoms with Crippen LogP contribution >= 0.6 is 0 Å². The van der Waals surface area contributed by atoms with Gasteiger partial charge in [-0.05, 0) is 73.4 Å². The Morgan fingerprint density at radius 2 is 1.73 bits per heavy atom. The van der Waals surface area contributed by atoms with E-state index in [1.54, 1.807) is 18.2 Å². The monoisotopic (exact) mass is 567 g/mol. The molecule has 1 fully saturated rings. The molecule has 2 heterocycles. The zero-order valence-corrected chi connectivity index (χ0v) is 23.4.